The highest BCUT2D eigenvalue weighted by molar-refractivity contribution is 7.12. The number of aliphatic hydroxyl groups excluding tert-OH is 1. The molecule has 0 unspecified atom stereocenters. The SMILES string of the molecule is Cc1c(OC(=O)c2cccs2)ccc(CO)c1OCC(=O)O. The summed E-state index contributed by atoms with van der Waals surface area (Å²) in [6.45, 7) is 0.776. The Bertz CT molecular complexity index is 678. The predicted octanol–water partition coefficient (Wildman–Crippen LogP) is 2.23. The van der Waals surface area contributed by atoms with Crippen LogP contribution in [0.2, 0.25) is 0 Å². The maximum absolute atomic E-state index is 12.0. The standard InChI is InChI=1S/C15H14O6S/c1-9-11(21-15(19)12-3-2-6-22-12)5-4-10(7-16)14(9)20-8-13(17)18/h2-6,16H,7-8H2,1H3,(H,17,18). The van der Waals surface area contributed by atoms with Gasteiger partial charge in [0, 0.05) is 11.1 Å². The molecule has 116 valence electrons. The quantitative estimate of drug-likeness (QED) is 0.626. The van der Waals surface area contributed by atoms with Gasteiger partial charge in [0.05, 0.1) is 6.61 Å². The fourth-order valence-corrected chi connectivity index (χ4v) is 2.44. The summed E-state index contributed by atoms with van der Waals surface area (Å²) >= 11 is 1.26. The van der Waals surface area contributed by atoms with E-state index in [9.17, 15) is 14.7 Å². The molecule has 0 aliphatic rings. The number of rotatable bonds is 6. The molecule has 1 aromatic heterocycles. The number of aliphatic carboxylic acids is 1. The second-order valence-electron chi connectivity index (χ2n) is 4.38. The molecule has 2 aromatic rings. The summed E-state index contributed by atoms with van der Waals surface area (Å²) in [6, 6.07) is 6.46. The molecule has 0 spiro atoms. The van der Waals surface area contributed by atoms with Gasteiger partial charge in [-0.25, -0.2) is 9.59 Å². The third kappa shape index (κ3) is 3.63. The molecule has 0 fully saturated rings. The minimum absolute atomic E-state index is 0.210. The minimum atomic E-state index is -1.13. The van der Waals surface area contributed by atoms with Crippen molar-refractivity contribution in [2.45, 2.75) is 13.5 Å². The number of hydrogen-bond acceptors (Lipinski definition) is 6. The van der Waals surface area contributed by atoms with Crippen molar-refractivity contribution >= 4 is 23.3 Å². The third-order valence-electron chi connectivity index (χ3n) is 2.87. The van der Waals surface area contributed by atoms with Gasteiger partial charge in [-0.2, -0.15) is 0 Å². The van der Waals surface area contributed by atoms with E-state index in [2.05, 4.69) is 0 Å². The Balaban J connectivity index is 2.26. The van der Waals surface area contributed by atoms with Gasteiger partial charge < -0.3 is 19.7 Å². The summed E-state index contributed by atoms with van der Waals surface area (Å²) in [5, 5.41) is 19.8. The number of ether oxygens (including phenoxy) is 2. The number of benzene rings is 1. The van der Waals surface area contributed by atoms with Crippen molar-refractivity contribution in [3.05, 3.63) is 45.6 Å². The monoisotopic (exact) mass is 322 g/mol. The van der Waals surface area contributed by atoms with Gasteiger partial charge in [0.15, 0.2) is 6.61 Å². The zero-order valence-corrected chi connectivity index (χ0v) is 12.6. The Kier molecular flexibility index (Phi) is 5.13. The summed E-state index contributed by atoms with van der Waals surface area (Å²) in [4.78, 5) is 23.1. The van der Waals surface area contributed by atoms with Gasteiger partial charge in [-0.15, -0.1) is 11.3 Å². The number of aliphatic hydroxyl groups is 1. The van der Waals surface area contributed by atoms with E-state index in [0.717, 1.165) is 0 Å². The lowest BCUT2D eigenvalue weighted by molar-refractivity contribution is -0.139. The molecular weight excluding hydrogens is 308 g/mol. The van der Waals surface area contributed by atoms with E-state index in [-0.39, 0.29) is 18.1 Å². The van der Waals surface area contributed by atoms with Crippen LogP contribution in [0.3, 0.4) is 0 Å². The average molecular weight is 322 g/mol. The molecule has 6 nitrogen and oxygen atoms in total. The van der Waals surface area contributed by atoms with Gasteiger partial charge in [-0.3, -0.25) is 0 Å². The number of hydrogen-bond donors (Lipinski definition) is 2. The highest BCUT2D eigenvalue weighted by Crippen LogP contribution is 2.32. The van der Waals surface area contributed by atoms with Crippen LogP contribution in [0.5, 0.6) is 11.5 Å². The molecule has 7 heteroatoms. The Morgan fingerprint density at radius 1 is 1.27 bits per heavy atom. The Labute approximate surface area is 130 Å². The maximum atomic E-state index is 12.0. The van der Waals surface area contributed by atoms with Crippen LogP contribution in [0, 0.1) is 6.92 Å². The Morgan fingerprint density at radius 3 is 2.64 bits per heavy atom. The highest BCUT2D eigenvalue weighted by atomic mass is 32.1. The number of thiophene rings is 1. The van der Waals surface area contributed by atoms with Gasteiger partial charge in [-0.05, 0) is 30.5 Å². The van der Waals surface area contributed by atoms with E-state index in [1.165, 1.54) is 17.4 Å². The molecule has 0 atom stereocenters. The lowest BCUT2D eigenvalue weighted by Gasteiger charge is -2.15. The van der Waals surface area contributed by atoms with Crippen molar-refractivity contribution in [3.8, 4) is 11.5 Å². The van der Waals surface area contributed by atoms with Crippen LogP contribution in [-0.2, 0) is 11.4 Å². The van der Waals surface area contributed by atoms with E-state index < -0.39 is 18.5 Å². The van der Waals surface area contributed by atoms with Crippen LogP contribution < -0.4 is 9.47 Å². The molecule has 22 heavy (non-hydrogen) atoms. The van der Waals surface area contributed by atoms with E-state index in [0.29, 0.717) is 16.0 Å². The molecule has 0 saturated carbocycles. The first kappa shape index (κ1) is 16.0. The number of esters is 1. The first-order valence-corrected chi connectivity index (χ1v) is 7.24. The zero-order valence-electron chi connectivity index (χ0n) is 11.7. The van der Waals surface area contributed by atoms with Gasteiger partial charge in [0.1, 0.15) is 16.4 Å². The second-order valence-corrected chi connectivity index (χ2v) is 5.33. The molecule has 0 saturated heterocycles. The summed E-state index contributed by atoms with van der Waals surface area (Å²) < 4.78 is 10.5. The van der Waals surface area contributed by atoms with Crippen molar-refractivity contribution in [2.75, 3.05) is 6.61 Å². The fraction of sp³-hybridized carbons (Fsp3) is 0.200. The summed E-state index contributed by atoms with van der Waals surface area (Å²) in [7, 11) is 0. The molecule has 0 aliphatic carbocycles. The van der Waals surface area contributed by atoms with Crippen LogP contribution in [0.15, 0.2) is 29.6 Å². The zero-order chi connectivity index (χ0) is 16.1. The van der Waals surface area contributed by atoms with Crippen molar-refractivity contribution in [1.82, 2.24) is 0 Å². The number of carboxylic acids is 1. The Morgan fingerprint density at radius 2 is 2.05 bits per heavy atom. The van der Waals surface area contributed by atoms with Crippen LogP contribution in [0.1, 0.15) is 20.8 Å². The van der Waals surface area contributed by atoms with E-state index in [4.69, 9.17) is 14.6 Å². The molecule has 1 aromatic carbocycles. The Hall–Kier alpha value is -2.38. The van der Waals surface area contributed by atoms with Gasteiger partial charge in [0.25, 0.3) is 0 Å². The van der Waals surface area contributed by atoms with Gasteiger partial charge in [-0.1, -0.05) is 6.07 Å². The van der Waals surface area contributed by atoms with Crippen LogP contribution in [-0.4, -0.2) is 28.8 Å². The van der Waals surface area contributed by atoms with E-state index >= 15 is 0 Å². The average Bonchev–Trinajstić information content (AvgIpc) is 3.02. The van der Waals surface area contributed by atoms with E-state index in [1.807, 2.05) is 0 Å². The normalized spacial score (nSPS) is 10.3. The van der Waals surface area contributed by atoms with Crippen molar-refractivity contribution < 1.29 is 29.3 Å². The first-order valence-electron chi connectivity index (χ1n) is 6.36. The first-order chi connectivity index (χ1) is 10.5. The summed E-state index contributed by atoms with van der Waals surface area (Å²) in [6.07, 6.45) is 0. The molecule has 2 rings (SSSR count). The second kappa shape index (κ2) is 7.06. The van der Waals surface area contributed by atoms with Crippen molar-refractivity contribution in [1.29, 1.82) is 0 Å². The fourth-order valence-electron chi connectivity index (χ4n) is 1.84. The molecule has 2 N–H and O–H groups in total. The molecular formula is C15H14O6S. The largest absolute Gasteiger partial charge is 0.481 e. The van der Waals surface area contributed by atoms with E-state index in [1.54, 1.807) is 30.5 Å². The van der Waals surface area contributed by atoms with Crippen LogP contribution in [0.25, 0.3) is 0 Å². The molecule has 0 aliphatic heterocycles. The predicted molar refractivity (Wildman–Crippen MR) is 79.5 cm³/mol. The van der Waals surface area contributed by atoms with Crippen LogP contribution >= 0.6 is 11.3 Å². The van der Waals surface area contributed by atoms with Crippen molar-refractivity contribution in [3.63, 3.8) is 0 Å². The number of carbonyl (C=O) groups is 2. The molecule has 0 radical (unpaired) electrons. The highest BCUT2D eigenvalue weighted by Gasteiger charge is 2.17. The van der Waals surface area contributed by atoms with Crippen molar-refractivity contribution in [2.24, 2.45) is 0 Å². The van der Waals surface area contributed by atoms with Gasteiger partial charge in [0.2, 0.25) is 0 Å². The van der Waals surface area contributed by atoms with Gasteiger partial charge >= 0.3 is 11.9 Å². The topological polar surface area (TPSA) is 93.1 Å². The third-order valence-corrected chi connectivity index (χ3v) is 3.72. The number of carbonyl (C=O) groups excluding carboxylic acids is 1. The summed E-state index contributed by atoms with van der Waals surface area (Å²) in [5.74, 6) is -1.17. The number of carboxylic acid groups (broad SMARTS) is 1. The molecule has 0 bridgehead atoms. The smallest absolute Gasteiger partial charge is 0.353 e. The molecule has 0 amide bonds. The summed E-state index contributed by atoms with van der Waals surface area (Å²) in [5.41, 5.74) is 0.882. The lowest BCUT2D eigenvalue weighted by atomic mass is 10.1. The minimum Gasteiger partial charge on any atom is -0.481 e. The lowest BCUT2D eigenvalue weighted by Crippen LogP contribution is -2.13. The van der Waals surface area contributed by atoms with Crippen LogP contribution in [0.4, 0.5) is 0 Å². The molecule has 1 heterocycles. The maximum Gasteiger partial charge on any atom is 0.353 e.